The zero-order valence-corrected chi connectivity index (χ0v) is 21.2. The maximum absolute atomic E-state index is 12.5. The number of nitrogens with zero attached hydrogens (tertiary/aromatic N) is 4. The van der Waals surface area contributed by atoms with E-state index in [1.54, 1.807) is 18.2 Å². The van der Waals surface area contributed by atoms with Crippen molar-refractivity contribution in [2.75, 3.05) is 42.3 Å². The van der Waals surface area contributed by atoms with Crippen LogP contribution in [0.1, 0.15) is 18.9 Å². The fraction of sp³-hybridized carbons (Fsp3) is 0.348. The Morgan fingerprint density at radius 1 is 1.18 bits per heavy atom. The second-order valence-electron chi connectivity index (χ2n) is 7.69. The summed E-state index contributed by atoms with van der Waals surface area (Å²) in [6.45, 7) is 4.83. The number of morpholine rings is 1. The molecule has 2 heterocycles. The molecule has 8 nitrogen and oxygen atoms in total. The van der Waals surface area contributed by atoms with Crippen molar-refractivity contribution in [3.05, 3.63) is 58.3 Å². The molecule has 0 aliphatic carbocycles. The van der Waals surface area contributed by atoms with E-state index in [2.05, 4.69) is 20.4 Å². The van der Waals surface area contributed by atoms with Crippen LogP contribution >= 0.6 is 35.0 Å². The van der Waals surface area contributed by atoms with Crippen LogP contribution in [0.5, 0.6) is 5.75 Å². The topological polar surface area (TPSA) is 81.5 Å². The number of hydrogen-bond acceptors (Lipinski definition) is 7. The third-order valence-electron chi connectivity index (χ3n) is 5.29. The van der Waals surface area contributed by atoms with Gasteiger partial charge >= 0.3 is 0 Å². The van der Waals surface area contributed by atoms with Crippen molar-refractivity contribution >= 4 is 52.2 Å². The molecule has 1 N–H and O–H groups in total. The van der Waals surface area contributed by atoms with Crippen LogP contribution in [-0.4, -0.2) is 52.7 Å². The summed E-state index contributed by atoms with van der Waals surface area (Å²) in [4.78, 5) is 14.7. The summed E-state index contributed by atoms with van der Waals surface area (Å²) >= 11 is 13.9. The molecule has 34 heavy (non-hydrogen) atoms. The Balaban J connectivity index is 1.32. The smallest absolute Gasteiger partial charge is 0.234 e. The van der Waals surface area contributed by atoms with Crippen LogP contribution in [0.25, 0.3) is 0 Å². The van der Waals surface area contributed by atoms with Crippen molar-refractivity contribution in [3.63, 3.8) is 0 Å². The van der Waals surface area contributed by atoms with E-state index in [-0.39, 0.29) is 17.8 Å². The Morgan fingerprint density at radius 2 is 1.94 bits per heavy atom. The third kappa shape index (κ3) is 5.96. The Kier molecular flexibility index (Phi) is 8.20. The highest BCUT2D eigenvalue weighted by Gasteiger charge is 2.19. The summed E-state index contributed by atoms with van der Waals surface area (Å²) in [5, 5.41) is 13.1. The average Bonchev–Trinajstić information content (AvgIpc) is 3.20. The van der Waals surface area contributed by atoms with E-state index in [1.165, 1.54) is 11.8 Å². The summed E-state index contributed by atoms with van der Waals surface area (Å²) in [5.41, 5.74) is 1.59. The fourth-order valence-electron chi connectivity index (χ4n) is 3.56. The number of aromatic nitrogens is 3. The molecule has 1 atom stereocenters. The van der Waals surface area contributed by atoms with Gasteiger partial charge in [-0.05, 0) is 37.3 Å². The van der Waals surface area contributed by atoms with Gasteiger partial charge < -0.3 is 24.3 Å². The average molecular weight is 522 g/mol. The fourth-order valence-corrected chi connectivity index (χ4v) is 4.76. The van der Waals surface area contributed by atoms with Crippen LogP contribution < -0.4 is 15.0 Å². The Labute approximate surface area is 212 Å². The first-order valence-electron chi connectivity index (χ1n) is 10.8. The van der Waals surface area contributed by atoms with Crippen molar-refractivity contribution in [2.45, 2.75) is 18.2 Å². The molecule has 1 amide bonds. The molecule has 0 radical (unpaired) electrons. The molecule has 1 saturated heterocycles. The summed E-state index contributed by atoms with van der Waals surface area (Å²) < 4.78 is 13.1. The Bertz CT molecular complexity index is 1150. The first-order chi connectivity index (χ1) is 16.4. The number of ether oxygens (including phenoxy) is 2. The lowest BCUT2D eigenvalue weighted by Crippen LogP contribution is -2.36. The van der Waals surface area contributed by atoms with Crippen molar-refractivity contribution < 1.29 is 14.3 Å². The molecule has 1 aromatic heterocycles. The van der Waals surface area contributed by atoms with Gasteiger partial charge in [-0.25, -0.2) is 0 Å². The van der Waals surface area contributed by atoms with Gasteiger partial charge in [0.25, 0.3) is 0 Å². The molecule has 4 rings (SSSR count). The minimum Gasteiger partial charge on any atom is -0.481 e. The molecule has 0 saturated carbocycles. The first kappa shape index (κ1) is 24.7. The van der Waals surface area contributed by atoms with E-state index in [1.807, 2.05) is 42.8 Å². The van der Waals surface area contributed by atoms with Gasteiger partial charge in [-0.2, -0.15) is 0 Å². The number of anilines is 2. The number of carbonyl (C=O) groups excluding carboxylic acids is 1. The predicted molar refractivity (Wildman–Crippen MR) is 135 cm³/mol. The Hall–Kier alpha value is -2.46. The van der Waals surface area contributed by atoms with E-state index in [9.17, 15) is 4.79 Å². The first-order valence-corrected chi connectivity index (χ1v) is 12.5. The highest BCUT2D eigenvalue weighted by Crippen LogP contribution is 2.31. The second-order valence-corrected chi connectivity index (χ2v) is 9.45. The predicted octanol–water partition coefficient (Wildman–Crippen LogP) is 4.83. The standard InChI is InChI=1S/C23H25Cl2N5O3S/c1-15(33-20-6-4-3-5-17(20)24)22-27-28-23(29(22)2)34-14-21(31)26-16-7-8-19(18(25)13-16)30-9-11-32-12-10-30/h3-8,13,15H,9-12,14H2,1-2H3,(H,26,31). The van der Waals surface area contributed by atoms with Gasteiger partial charge in [0.15, 0.2) is 17.1 Å². The minimum absolute atomic E-state index is 0.162. The van der Waals surface area contributed by atoms with Crippen molar-refractivity contribution in [1.82, 2.24) is 14.8 Å². The number of nitrogens with one attached hydrogen (secondary N) is 1. The Morgan fingerprint density at radius 3 is 2.68 bits per heavy atom. The van der Waals surface area contributed by atoms with Crippen LogP contribution in [-0.2, 0) is 16.6 Å². The summed E-state index contributed by atoms with van der Waals surface area (Å²) in [5.74, 6) is 1.22. The van der Waals surface area contributed by atoms with Crippen LogP contribution in [0.3, 0.4) is 0 Å². The largest absolute Gasteiger partial charge is 0.481 e. The van der Waals surface area contributed by atoms with Crippen molar-refractivity contribution in [3.8, 4) is 5.75 Å². The molecule has 1 aliphatic heterocycles. The molecule has 180 valence electrons. The molecule has 11 heteroatoms. The lowest BCUT2D eigenvalue weighted by molar-refractivity contribution is -0.113. The monoisotopic (exact) mass is 521 g/mol. The van der Waals surface area contributed by atoms with Gasteiger partial charge in [0.2, 0.25) is 5.91 Å². The summed E-state index contributed by atoms with van der Waals surface area (Å²) in [6.07, 6.45) is -0.368. The van der Waals surface area contributed by atoms with Crippen LogP contribution in [0, 0.1) is 0 Å². The molecular formula is C23H25Cl2N5O3S. The van der Waals surface area contributed by atoms with Gasteiger partial charge in [-0.3, -0.25) is 4.79 Å². The molecule has 0 spiro atoms. The van der Waals surface area contributed by atoms with Crippen molar-refractivity contribution in [2.24, 2.45) is 7.05 Å². The van der Waals surface area contributed by atoms with Gasteiger partial charge in [0, 0.05) is 25.8 Å². The molecule has 3 aromatic rings. The number of thioether (sulfide) groups is 1. The normalized spacial score (nSPS) is 14.6. The maximum atomic E-state index is 12.5. The van der Waals surface area contributed by atoms with E-state index in [0.29, 0.717) is 45.7 Å². The van der Waals surface area contributed by atoms with E-state index < -0.39 is 0 Å². The van der Waals surface area contributed by atoms with Crippen molar-refractivity contribution in [1.29, 1.82) is 0 Å². The number of benzene rings is 2. The second kappa shape index (κ2) is 11.3. The molecule has 1 fully saturated rings. The SMILES string of the molecule is CC(Oc1ccccc1Cl)c1nnc(SCC(=O)Nc2ccc(N3CCOCC3)c(Cl)c2)n1C. The van der Waals surface area contributed by atoms with E-state index >= 15 is 0 Å². The molecule has 1 aliphatic rings. The van der Waals surface area contributed by atoms with Crippen LogP contribution in [0.15, 0.2) is 47.6 Å². The quantitative estimate of drug-likeness (QED) is 0.425. The van der Waals surface area contributed by atoms with Gasteiger partial charge in [0.05, 0.1) is 34.7 Å². The minimum atomic E-state index is -0.368. The zero-order valence-electron chi connectivity index (χ0n) is 18.8. The lowest BCUT2D eigenvalue weighted by atomic mass is 10.2. The number of amides is 1. The number of carbonyl (C=O) groups is 1. The van der Waals surface area contributed by atoms with Gasteiger partial charge in [-0.1, -0.05) is 47.1 Å². The number of rotatable bonds is 8. The molecule has 2 aromatic carbocycles. The number of halogens is 2. The highest BCUT2D eigenvalue weighted by molar-refractivity contribution is 7.99. The highest BCUT2D eigenvalue weighted by atomic mass is 35.5. The summed E-state index contributed by atoms with van der Waals surface area (Å²) in [6, 6.07) is 12.8. The van der Waals surface area contributed by atoms with Crippen LogP contribution in [0.4, 0.5) is 11.4 Å². The van der Waals surface area contributed by atoms with E-state index in [0.717, 1.165) is 18.8 Å². The lowest BCUT2D eigenvalue weighted by Gasteiger charge is -2.29. The zero-order chi connectivity index (χ0) is 24.1. The molecule has 1 unspecified atom stereocenters. The van der Waals surface area contributed by atoms with Crippen LogP contribution in [0.2, 0.25) is 10.0 Å². The summed E-state index contributed by atoms with van der Waals surface area (Å²) in [7, 11) is 1.84. The van der Waals surface area contributed by atoms with Gasteiger partial charge in [0.1, 0.15) is 5.75 Å². The molecular weight excluding hydrogens is 497 g/mol. The van der Waals surface area contributed by atoms with Gasteiger partial charge in [-0.15, -0.1) is 10.2 Å². The maximum Gasteiger partial charge on any atom is 0.234 e. The number of para-hydroxylation sites is 1. The third-order valence-corrected chi connectivity index (χ3v) is 6.92. The molecule has 0 bridgehead atoms. The number of hydrogen-bond donors (Lipinski definition) is 1. The van der Waals surface area contributed by atoms with E-state index in [4.69, 9.17) is 32.7 Å².